The van der Waals surface area contributed by atoms with Crippen LogP contribution in [0.4, 0.5) is 5.69 Å². The van der Waals surface area contributed by atoms with E-state index in [1.54, 1.807) is 5.57 Å². The Labute approximate surface area is 151 Å². The highest BCUT2D eigenvalue weighted by Gasteiger charge is 2.40. The number of para-hydroxylation sites is 1. The van der Waals surface area contributed by atoms with Crippen LogP contribution in [0.25, 0.3) is 5.57 Å². The molecule has 3 heterocycles. The summed E-state index contributed by atoms with van der Waals surface area (Å²) in [6, 6.07) is 8.89. The van der Waals surface area contributed by atoms with Crippen molar-refractivity contribution in [1.29, 1.82) is 5.41 Å². The summed E-state index contributed by atoms with van der Waals surface area (Å²) < 4.78 is 6.58. The lowest BCUT2D eigenvalue weighted by Crippen LogP contribution is -2.43. The number of hydrogen-bond acceptors (Lipinski definition) is 2. The molecule has 1 unspecified atom stereocenters. The minimum absolute atomic E-state index is 0.0420. The van der Waals surface area contributed by atoms with Gasteiger partial charge < -0.3 is 9.64 Å². The number of nitrogens with one attached hydrogen (secondary N) is 1. The standard InChI is InChI=1S/C21H30N3O/c1-15-20(17-7-4-5-8-18(17)24(15,2)3)16-10-12-23(13-11-16)21(22)19-9-6-14-25-19/h4-5,7-8,16,19,22H,6,9-14H2,1-3H3/q+1. The van der Waals surface area contributed by atoms with Crippen LogP contribution in [0.1, 0.15) is 38.2 Å². The molecule has 0 radical (unpaired) electrons. The predicted octanol–water partition coefficient (Wildman–Crippen LogP) is 3.87. The Bertz CT molecular complexity index is 708. The van der Waals surface area contributed by atoms with Gasteiger partial charge in [0.15, 0.2) is 0 Å². The van der Waals surface area contributed by atoms with Gasteiger partial charge in [0, 0.05) is 43.8 Å². The number of benzene rings is 1. The van der Waals surface area contributed by atoms with Crippen LogP contribution in [0.2, 0.25) is 0 Å². The van der Waals surface area contributed by atoms with E-state index in [9.17, 15) is 0 Å². The summed E-state index contributed by atoms with van der Waals surface area (Å²) in [5.41, 5.74) is 5.90. The van der Waals surface area contributed by atoms with Gasteiger partial charge in [-0.25, -0.2) is 0 Å². The average Bonchev–Trinajstić information content (AvgIpc) is 3.22. The van der Waals surface area contributed by atoms with E-state index in [2.05, 4.69) is 50.2 Å². The third kappa shape index (κ3) is 2.72. The molecule has 4 heteroatoms. The maximum absolute atomic E-state index is 8.46. The van der Waals surface area contributed by atoms with Crippen LogP contribution >= 0.6 is 0 Å². The molecule has 0 aromatic heterocycles. The molecule has 4 nitrogen and oxygen atoms in total. The Morgan fingerprint density at radius 2 is 1.88 bits per heavy atom. The van der Waals surface area contributed by atoms with Crippen molar-refractivity contribution in [2.24, 2.45) is 5.92 Å². The van der Waals surface area contributed by atoms with Gasteiger partial charge in [0.05, 0.1) is 14.1 Å². The fourth-order valence-corrected chi connectivity index (χ4v) is 4.79. The Morgan fingerprint density at radius 1 is 1.16 bits per heavy atom. The molecule has 0 amide bonds. The van der Waals surface area contributed by atoms with E-state index >= 15 is 0 Å². The van der Waals surface area contributed by atoms with Crippen molar-refractivity contribution in [1.82, 2.24) is 9.38 Å². The third-order valence-electron chi connectivity index (χ3n) is 6.50. The summed E-state index contributed by atoms with van der Waals surface area (Å²) in [6.45, 7) is 5.08. The first-order valence-electron chi connectivity index (χ1n) is 9.60. The summed E-state index contributed by atoms with van der Waals surface area (Å²) in [5, 5.41) is 8.46. The number of amidine groups is 1. The maximum Gasteiger partial charge on any atom is 0.145 e. The summed E-state index contributed by atoms with van der Waals surface area (Å²) >= 11 is 0. The zero-order valence-electron chi connectivity index (χ0n) is 15.7. The van der Waals surface area contributed by atoms with E-state index in [1.165, 1.54) is 16.9 Å². The van der Waals surface area contributed by atoms with Gasteiger partial charge in [-0.2, -0.15) is 0 Å². The van der Waals surface area contributed by atoms with Crippen LogP contribution < -0.4 is 4.48 Å². The van der Waals surface area contributed by atoms with E-state index < -0.39 is 0 Å². The molecular weight excluding hydrogens is 310 g/mol. The largest absolute Gasteiger partial charge is 0.370 e. The first-order chi connectivity index (χ1) is 12.0. The van der Waals surface area contributed by atoms with Gasteiger partial charge in [-0.15, -0.1) is 0 Å². The number of likely N-dealkylation sites (tertiary alicyclic amines) is 1. The molecule has 1 atom stereocenters. The fraction of sp³-hybridized carbons (Fsp3) is 0.571. The second-order valence-corrected chi connectivity index (χ2v) is 8.12. The molecule has 2 saturated heterocycles. The van der Waals surface area contributed by atoms with Crippen LogP contribution in [-0.2, 0) is 4.74 Å². The molecule has 3 aliphatic rings. The second kappa shape index (κ2) is 6.26. The van der Waals surface area contributed by atoms with Crippen molar-refractivity contribution in [3.63, 3.8) is 0 Å². The molecule has 1 aromatic rings. The van der Waals surface area contributed by atoms with E-state index in [1.807, 2.05) is 0 Å². The molecule has 134 valence electrons. The number of allylic oxidation sites excluding steroid dienone is 2. The predicted molar refractivity (Wildman–Crippen MR) is 104 cm³/mol. The molecule has 0 aliphatic carbocycles. The van der Waals surface area contributed by atoms with Crippen molar-refractivity contribution in [2.75, 3.05) is 33.8 Å². The highest BCUT2D eigenvalue weighted by molar-refractivity contribution is 5.87. The van der Waals surface area contributed by atoms with Crippen LogP contribution in [0.15, 0.2) is 30.0 Å². The molecule has 0 saturated carbocycles. The topological polar surface area (TPSA) is 36.3 Å². The first kappa shape index (κ1) is 16.8. The van der Waals surface area contributed by atoms with Gasteiger partial charge in [0.25, 0.3) is 0 Å². The van der Waals surface area contributed by atoms with Crippen molar-refractivity contribution in [2.45, 2.75) is 38.7 Å². The van der Waals surface area contributed by atoms with E-state index in [0.29, 0.717) is 11.8 Å². The van der Waals surface area contributed by atoms with Gasteiger partial charge >= 0.3 is 0 Å². The Hall–Kier alpha value is -1.65. The van der Waals surface area contributed by atoms with Gasteiger partial charge in [0.1, 0.15) is 23.3 Å². The molecule has 1 N–H and O–H groups in total. The fourth-order valence-electron chi connectivity index (χ4n) is 4.79. The summed E-state index contributed by atoms with van der Waals surface area (Å²) in [5.74, 6) is 1.32. The van der Waals surface area contributed by atoms with Crippen molar-refractivity contribution in [3.8, 4) is 0 Å². The Balaban J connectivity index is 1.51. The number of quaternary nitrogens is 1. The van der Waals surface area contributed by atoms with E-state index in [0.717, 1.165) is 49.9 Å². The molecule has 2 fully saturated rings. The summed E-state index contributed by atoms with van der Waals surface area (Å²) in [7, 11) is 4.59. The lowest BCUT2D eigenvalue weighted by atomic mass is 9.84. The van der Waals surface area contributed by atoms with Gasteiger partial charge in [-0.1, -0.05) is 12.1 Å². The second-order valence-electron chi connectivity index (χ2n) is 8.12. The molecule has 3 aliphatic heterocycles. The smallest absolute Gasteiger partial charge is 0.145 e. The van der Waals surface area contributed by atoms with Crippen LogP contribution in [0.5, 0.6) is 0 Å². The van der Waals surface area contributed by atoms with Crippen molar-refractivity contribution in [3.05, 3.63) is 35.5 Å². The third-order valence-corrected chi connectivity index (χ3v) is 6.50. The zero-order chi connectivity index (χ0) is 17.6. The van der Waals surface area contributed by atoms with Crippen LogP contribution in [0.3, 0.4) is 0 Å². The Kier molecular flexibility index (Phi) is 4.20. The number of nitrogens with zero attached hydrogens (tertiary/aromatic N) is 2. The molecular formula is C21H30N3O+. The first-order valence-corrected chi connectivity index (χ1v) is 9.60. The monoisotopic (exact) mass is 340 g/mol. The van der Waals surface area contributed by atoms with Crippen LogP contribution in [-0.4, -0.2) is 50.6 Å². The quantitative estimate of drug-likeness (QED) is 0.504. The van der Waals surface area contributed by atoms with Gasteiger partial charge in [-0.05, 0) is 37.7 Å². The van der Waals surface area contributed by atoms with Gasteiger partial charge in [-0.3, -0.25) is 9.89 Å². The maximum atomic E-state index is 8.46. The van der Waals surface area contributed by atoms with Crippen molar-refractivity contribution < 1.29 is 4.74 Å². The lowest BCUT2D eigenvalue weighted by molar-refractivity contribution is 0.141. The molecule has 25 heavy (non-hydrogen) atoms. The Morgan fingerprint density at radius 3 is 2.56 bits per heavy atom. The minimum atomic E-state index is 0.0420. The lowest BCUT2D eigenvalue weighted by Gasteiger charge is -2.35. The normalized spacial score (nSPS) is 26.2. The number of hydrogen-bond donors (Lipinski definition) is 1. The number of piperidine rings is 1. The van der Waals surface area contributed by atoms with E-state index in [-0.39, 0.29) is 6.10 Å². The molecule has 0 bridgehead atoms. The van der Waals surface area contributed by atoms with Crippen LogP contribution in [0, 0.1) is 11.3 Å². The summed E-state index contributed by atoms with van der Waals surface area (Å²) in [6.07, 6.45) is 4.42. The van der Waals surface area contributed by atoms with Gasteiger partial charge in [0.2, 0.25) is 0 Å². The number of ether oxygens (including phenoxy) is 1. The van der Waals surface area contributed by atoms with Crippen molar-refractivity contribution >= 4 is 17.1 Å². The molecule has 4 rings (SSSR count). The summed E-state index contributed by atoms with van der Waals surface area (Å²) in [4.78, 5) is 2.25. The van der Waals surface area contributed by atoms with E-state index in [4.69, 9.17) is 10.1 Å². The highest BCUT2D eigenvalue weighted by atomic mass is 16.5. The molecule has 1 aromatic carbocycles. The molecule has 0 spiro atoms. The highest BCUT2D eigenvalue weighted by Crippen LogP contribution is 2.48. The zero-order valence-corrected chi connectivity index (χ0v) is 15.7. The number of fused-ring (bicyclic) bond motifs is 1. The SMILES string of the molecule is CC1=C(C2CCN(C(=N)C3CCCO3)CC2)c2ccccc2[N+]1(C)C. The minimum Gasteiger partial charge on any atom is -0.370 e. The average molecular weight is 340 g/mol. The number of rotatable bonds is 2.